The highest BCUT2D eigenvalue weighted by molar-refractivity contribution is 7.10. The zero-order chi connectivity index (χ0) is 30.4. The second-order valence-corrected chi connectivity index (χ2v) is 10.6. The molecule has 9 nitrogen and oxygen atoms in total. The molecule has 0 amide bonds. The Kier molecular flexibility index (Phi) is 15.0. The number of carbonyl (C=O) groups is 2. The zero-order valence-corrected chi connectivity index (χ0v) is 25.5. The summed E-state index contributed by atoms with van der Waals surface area (Å²) in [4.78, 5) is 30.5. The van der Waals surface area contributed by atoms with E-state index >= 15 is 0 Å². The van der Waals surface area contributed by atoms with Crippen LogP contribution >= 0.6 is 22.9 Å². The molecule has 0 aliphatic carbocycles. The number of morpholine rings is 1. The van der Waals surface area contributed by atoms with E-state index in [-0.39, 0.29) is 24.3 Å². The topological polar surface area (TPSA) is 110 Å². The van der Waals surface area contributed by atoms with Gasteiger partial charge in [-0.3, -0.25) is 4.90 Å². The number of hydrogen-bond acceptors (Lipinski definition) is 9. The normalized spacial score (nSPS) is 16.6. The summed E-state index contributed by atoms with van der Waals surface area (Å²) >= 11 is 7.78. The standard InChI is InChI=1S/C26H31ClFN3O6S.C3H8/c1-4-36-26(34)24(16(2)20-6-5-18(28)11-21(20)27)22(30-17(3)25-29-7-10-38-25)13-31-8-9-37-19(12-31)14-35-15-23(32)33;1-3-2/h5-7,10-11,16,19,30H,3-4,8-9,12-15H2,1-2H3,(H,32,33);3H2,1-2H3/b24-22+;/t16-,19?;/m0./s1. The second-order valence-electron chi connectivity index (χ2n) is 9.28. The van der Waals surface area contributed by atoms with Crippen molar-refractivity contribution in [1.82, 2.24) is 15.2 Å². The van der Waals surface area contributed by atoms with E-state index in [2.05, 4.69) is 35.6 Å². The first-order chi connectivity index (χ1) is 19.6. The van der Waals surface area contributed by atoms with E-state index < -0.39 is 30.3 Å². The molecular weight excluding hydrogens is 573 g/mol. The molecule has 12 heteroatoms. The second kappa shape index (κ2) is 17.9. The summed E-state index contributed by atoms with van der Waals surface area (Å²) in [6.07, 6.45) is 2.56. The van der Waals surface area contributed by atoms with E-state index in [9.17, 15) is 14.0 Å². The van der Waals surface area contributed by atoms with Crippen molar-refractivity contribution in [1.29, 1.82) is 0 Å². The highest BCUT2D eigenvalue weighted by atomic mass is 35.5. The minimum absolute atomic E-state index is 0.118. The molecule has 1 unspecified atom stereocenters. The van der Waals surface area contributed by atoms with E-state index in [1.807, 2.05) is 5.38 Å². The lowest BCUT2D eigenvalue weighted by atomic mass is 9.90. The van der Waals surface area contributed by atoms with Crippen LogP contribution in [0.4, 0.5) is 4.39 Å². The van der Waals surface area contributed by atoms with Crippen molar-refractivity contribution >= 4 is 40.6 Å². The maximum Gasteiger partial charge on any atom is 0.336 e. The first-order valence-corrected chi connectivity index (χ1v) is 14.7. The van der Waals surface area contributed by atoms with Crippen molar-refractivity contribution < 1.29 is 33.3 Å². The average Bonchev–Trinajstić information content (AvgIpc) is 3.45. The zero-order valence-electron chi connectivity index (χ0n) is 24.0. The van der Waals surface area contributed by atoms with Gasteiger partial charge in [-0.15, -0.1) is 11.3 Å². The summed E-state index contributed by atoms with van der Waals surface area (Å²) in [7, 11) is 0. The summed E-state index contributed by atoms with van der Waals surface area (Å²) in [5.41, 5.74) is 1.92. The third kappa shape index (κ3) is 11.2. The van der Waals surface area contributed by atoms with Crippen LogP contribution in [0.15, 0.2) is 47.6 Å². The Labute approximate surface area is 250 Å². The lowest BCUT2D eigenvalue weighted by Gasteiger charge is -2.34. The molecular formula is C29H39ClFN3O6S. The number of hydrogen-bond donors (Lipinski definition) is 2. The van der Waals surface area contributed by atoms with E-state index in [4.69, 9.17) is 30.9 Å². The first kappa shape index (κ1) is 34.4. The number of thiazole rings is 1. The number of halogens is 2. The van der Waals surface area contributed by atoms with Gasteiger partial charge in [0.2, 0.25) is 0 Å². The molecule has 2 atom stereocenters. The molecule has 0 bridgehead atoms. The van der Waals surface area contributed by atoms with E-state index in [1.165, 1.54) is 29.9 Å². The van der Waals surface area contributed by atoms with Gasteiger partial charge in [-0.05, 0) is 24.6 Å². The van der Waals surface area contributed by atoms with Crippen LogP contribution in [0, 0.1) is 5.82 Å². The minimum Gasteiger partial charge on any atom is -0.480 e. The average molecular weight is 612 g/mol. The highest BCUT2D eigenvalue weighted by Gasteiger charge is 2.29. The summed E-state index contributed by atoms with van der Waals surface area (Å²) in [6, 6.07) is 4.06. The monoisotopic (exact) mass is 611 g/mol. The van der Waals surface area contributed by atoms with Crippen molar-refractivity contribution in [2.75, 3.05) is 46.1 Å². The minimum atomic E-state index is -1.06. The number of ether oxygens (including phenoxy) is 3. The van der Waals surface area contributed by atoms with Gasteiger partial charge in [-0.25, -0.2) is 19.0 Å². The van der Waals surface area contributed by atoms with Crippen molar-refractivity contribution in [3.05, 3.63) is 69.0 Å². The van der Waals surface area contributed by atoms with Crippen LogP contribution in [0.5, 0.6) is 0 Å². The predicted molar refractivity (Wildman–Crippen MR) is 158 cm³/mol. The molecule has 2 aromatic rings. The van der Waals surface area contributed by atoms with Gasteiger partial charge in [-0.1, -0.05) is 51.4 Å². The summed E-state index contributed by atoms with van der Waals surface area (Å²) in [5, 5.41) is 14.8. The van der Waals surface area contributed by atoms with Gasteiger partial charge in [0.25, 0.3) is 0 Å². The molecule has 1 fully saturated rings. The molecule has 1 aromatic heterocycles. The van der Waals surface area contributed by atoms with Gasteiger partial charge in [0.1, 0.15) is 17.4 Å². The van der Waals surface area contributed by atoms with Crippen molar-refractivity contribution in [2.45, 2.75) is 46.1 Å². The van der Waals surface area contributed by atoms with Gasteiger partial charge >= 0.3 is 11.9 Å². The number of aliphatic carboxylic acids is 1. The maximum absolute atomic E-state index is 13.8. The summed E-state index contributed by atoms with van der Waals surface area (Å²) in [6.45, 7) is 13.4. The van der Waals surface area contributed by atoms with E-state index in [0.717, 1.165) is 0 Å². The number of carbonyl (C=O) groups excluding carboxylic acids is 1. The van der Waals surface area contributed by atoms with Crippen molar-refractivity contribution in [3.8, 4) is 0 Å². The molecule has 0 radical (unpaired) electrons. The Morgan fingerprint density at radius 3 is 2.71 bits per heavy atom. The third-order valence-electron chi connectivity index (χ3n) is 5.81. The van der Waals surface area contributed by atoms with Crippen LogP contribution in [-0.4, -0.2) is 79.1 Å². The number of rotatable bonds is 13. The number of nitrogens with one attached hydrogen (secondary N) is 1. The number of benzene rings is 1. The number of carboxylic acids is 1. The van der Waals surface area contributed by atoms with Crippen LogP contribution in [0.25, 0.3) is 5.70 Å². The Morgan fingerprint density at radius 1 is 1.37 bits per heavy atom. The van der Waals surface area contributed by atoms with Gasteiger partial charge in [0, 0.05) is 47.8 Å². The predicted octanol–water partition coefficient (Wildman–Crippen LogP) is 5.34. The SMILES string of the molecule is C=C(N/C(CN1CCOC(COCC(=O)O)C1)=C(/C(=O)OCC)[C@@H](C)c1ccc(F)cc1Cl)c1nccs1.CCC. The molecule has 1 aliphatic rings. The fraction of sp³-hybridized carbons (Fsp3) is 0.483. The van der Waals surface area contributed by atoms with Crippen LogP contribution in [0.2, 0.25) is 5.02 Å². The lowest BCUT2D eigenvalue weighted by Crippen LogP contribution is -2.46. The van der Waals surface area contributed by atoms with Crippen LogP contribution in [0.3, 0.4) is 0 Å². The Bertz CT molecular complexity index is 1180. The summed E-state index contributed by atoms with van der Waals surface area (Å²) < 4.78 is 30.2. The van der Waals surface area contributed by atoms with Gasteiger partial charge in [-0.2, -0.15) is 0 Å². The molecule has 3 rings (SSSR count). The number of esters is 1. The molecule has 41 heavy (non-hydrogen) atoms. The maximum atomic E-state index is 13.8. The third-order valence-corrected chi connectivity index (χ3v) is 6.97. The van der Waals surface area contributed by atoms with Crippen LogP contribution in [0.1, 0.15) is 50.6 Å². The van der Waals surface area contributed by atoms with E-state index in [0.29, 0.717) is 53.8 Å². The Balaban J connectivity index is 0.00000187. The number of nitrogens with zero attached hydrogens (tertiary/aromatic N) is 2. The van der Waals surface area contributed by atoms with Crippen molar-refractivity contribution in [3.63, 3.8) is 0 Å². The molecule has 1 aliphatic heterocycles. The molecule has 0 spiro atoms. The Morgan fingerprint density at radius 2 is 2.10 bits per heavy atom. The van der Waals surface area contributed by atoms with Crippen LogP contribution in [-0.2, 0) is 23.8 Å². The molecule has 2 heterocycles. The molecule has 1 saturated heterocycles. The van der Waals surface area contributed by atoms with Crippen molar-refractivity contribution in [2.24, 2.45) is 0 Å². The fourth-order valence-electron chi connectivity index (χ4n) is 4.10. The molecule has 226 valence electrons. The fourth-order valence-corrected chi connectivity index (χ4v) is 5.00. The largest absolute Gasteiger partial charge is 0.480 e. The smallest absolute Gasteiger partial charge is 0.336 e. The molecule has 0 saturated carbocycles. The molecule has 2 N–H and O–H groups in total. The van der Waals surface area contributed by atoms with Crippen LogP contribution < -0.4 is 5.32 Å². The van der Waals surface area contributed by atoms with Gasteiger partial charge in [0.05, 0.1) is 37.2 Å². The number of carboxylic acid groups (broad SMARTS) is 1. The highest BCUT2D eigenvalue weighted by Crippen LogP contribution is 2.33. The van der Waals surface area contributed by atoms with E-state index in [1.54, 1.807) is 26.1 Å². The lowest BCUT2D eigenvalue weighted by molar-refractivity contribution is -0.144. The Hall–Kier alpha value is -2.83. The quantitative estimate of drug-likeness (QED) is 0.229. The van der Waals surface area contributed by atoms with Gasteiger partial charge < -0.3 is 24.6 Å². The molecule has 1 aromatic carbocycles. The summed E-state index contributed by atoms with van der Waals surface area (Å²) in [5.74, 6) is -2.62. The number of aromatic nitrogens is 1. The first-order valence-electron chi connectivity index (χ1n) is 13.4. The van der Waals surface area contributed by atoms with Gasteiger partial charge in [0.15, 0.2) is 0 Å².